The zero-order chi connectivity index (χ0) is 24.6. The van der Waals surface area contributed by atoms with Crippen LogP contribution in [0.15, 0.2) is 72.3 Å². The zero-order valence-corrected chi connectivity index (χ0v) is 19.6. The molecule has 2 N–H and O–H groups in total. The number of amides is 1. The molecule has 6 nitrogen and oxygen atoms in total. The number of aryl methyl sites for hydroxylation is 2. The highest BCUT2D eigenvalue weighted by Crippen LogP contribution is 2.43. The number of carbonyl (C=O) groups excluding carboxylic acids is 2. The highest BCUT2D eigenvalue weighted by molar-refractivity contribution is 6.51. The van der Waals surface area contributed by atoms with E-state index >= 15 is 0 Å². The Balaban J connectivity index is 1.92. The number of phenols is 1. The number of benzene rings is 3. The number of hydrogen-bond acceptors (Lipinski definition) is 5. The molecule has 6 heteroatoms. The van der Waals surface area contributed by atoms with Gasteiger partial charge in [0.05, 0.1) is 17.7 Å². The molecule has 1 heterocycles. The van der Waals surface area contributed by atoms with Crippen LogP contribution in [-0.4, -0.2) is 28.0 Å². The third-order valence-electron chi connectivity index (χ3n) is 5.88. The van der Waals surface area contributed by atoms with Gasteiger partial charge in [-0.15, -0.1) is 0 Å². The van der Waals surface area contributed by atoms with Gasteiger partial charge in [-0.3, -0.25) is 14.5 Å². The Morgan fingerprint density at radius 1 is 0.941 bits per heavy atom. The average molecular weight is 458 g/mol. The van der Waals surface area contributed by atoms with Gasteiger partial charge in [0.2, 0.25) is 0 Å². The first-order chi connectivity index (χ1) is 16.2. The molecule has 0 bridgehead atoms. The minimum atomic E-state index is -0.913. The van der Waals surface area contributed by atoms with Gasteiger partial charge in [0.1, 0.15) is 17.3 Å². The fourth-order valence-electron chi connectivity index (χ4n) is 4.13. The number of aliphatic hydroxyl groups excluding tert-OH is 1. The normalized spacial score (nSPS) is 17.4. The third-order valence-corrected chi connectivity index (χ3v) is 5.88. The van der Waals surface area contributed by atoms with E-state index in [0.29, 0.717) is 22.6 Å². The predicted molar refractivity (Wildman–Crippen MR) is 131 cm³/mol. The Morgan fingerprint density at radius 3 is 2.35 bits per heavy atom. The van der Waals surface area contributed by atoms with Gasteiger partial charge in [-0.1, -0.05) is 30.3 Å². The van der Waals surface area contributed by atoms with Crippen LogP contribution in [0.5, 0.6) is 11.5 Å². The van der Waals surface area contributed by atoms with Gasteiger partial charge in [-0.05, 0) is 80.8 Å². The third kappa shape index (κ3) is 4.27. The van der Waals surface area contributed by atoms with E-state index in [1.54, 1.807) is 42.5 Å². The molecule has 1 atom stereocenters. The maximum absolute atomic E-state index is 13.3. The van der Waals surface area contributed by atoms with E-state index in [1.165, 1.54) is 17.0 Å². The van der Waals surface area contributed by atoms with Gasteiger partial charge < -0.3 is 14.9 Å². The molecule has 1 aliphatic heterocycles. The summed E-state index contributed by atoms with van der Waals surface area (Å²) >= 11 is 0. The van der Waals surface area contributed by atoms with Crippen molar-refractivity contribution in [1.82, 2.24) is 0 Å². The largest absolute Gasteiger partial charge is 0.508 e. The second kappa shape index (κ2) is 9.06. The summed E-state index contributed by atoms with van der Waals surface area (Å²) in [6, 6.07) is 17.7. The first-order valence-corrected chi connectivity index (χ1v) is 11.1. The van der Waals surface area contributed by atoms with Crippen molar-refractivity contribution in [2.75, 3.05) is 4.90 Å². The van der Waals surface area contributed by atoms with Gasteiger partial charge in [-0.25, -0.2) is 0 Å². The molecule has 1 amide bonds. The summed E-state index contributed by atoms with van der Waals surface area (Å²) in [6.45, 7) is 7.68. The number of phenolic OH excluding ortho intramolecular Hbond substituents is 1. The molecule has 1 fully saturated rings. The number of hydrogen-bond donors (Lipinski definition) is 2. The van der Waals surface area contributed by atoms with Crippen molar-refractivity contribution in [3.63, 3.8) is 0 Å². The minimum absolute atomic E-state index is 0.00416. The number of ketones is 1. The molecule has 0 spiro atoms. The lowest BCUT2D eigenvalue weighted by Gasteiger charge is -2.26. The highest BCUT2D eigenvalue weighted by atomic mass is 16.5. The second-order valence-electron chi connectivity index (χ2n) is 8.73. The molecule has 1 aliphatic rings. The molecule has 0 saturated carbocycles. The summed E-state index contributed by atoms with van der Waals surface area (Å²) in [4.78, 5) is 27.9. The van der Waals surface area contributed by atoms with Gasteiger partial charge in [0.15, 0.2) is 0 Å². The van der Waals surface area contributed by atoms with Gasteiger partial charge in [-0.2, -0.15) is 0 Å². The molecular weight excluding hydrogens is 430 g/mol. The molecule has 3 aromatic rings. The van der Waals surface area contributed by atoms with Crippen LogP contribution >= 0.6 is 0 Å². The van der Waals surface area contributed by atoms with Crippen LogP contribution in [0, 0.1) is 13.8 Å². The van der Waals surface area contributed by atoms with Gasteiger partial charge in [0, 0.05) is 11.3 Å². The maximum atomic E-state index is 13.3. The molecule has 4 rings (SSSR count). The van der Waals surface area contributed by atoms with Crippen molar-refractivity contribution >= 4 is 23.1 Å². The maximum Gasteiger partial charge on any atom is 0.300 e. The number of rotatable bonds is 5. The number of aromatic hydroxyl groups is 1. The fourth-order valence-corrected chi connectivity index (χ4v) is 4.13. The van der Waals surface area contributed by atoms with E-state index < -0.39 is 17.7 Å². The standard InChI is InChI=1S/C28H27NO5/c1-16(2)34-23-10-6-8-20(15-23)26(31)24-25(19-7-5-9-22(30)14-19)29(28(33)27(24)32)21-12-11-17(3)18(4)13-21/h5-16,25,30-31H,1-4H3/b26-24+. The first-order valence-electron chi connectivity index (χ1n) is 11.1. The van der Waals surface area contributed by atoms with Crippen molar-refractivity contribution in [1.29, 1.82) is 0 Å². The number of aliphatic hydroxyl groups is 1. The lowest BCUT2D eigenvalue weighted by atomic mass is 9.94. The van der Waals surface area contributed by atoms with Crippen LogP contribution in [0.1, 0.15) is 42.1 Å². The average Bonchev–Trinajstić information content (AvgIpc) is 3.05. The Morgan fingerprint density at radius 2 is 1.68 bits per heavy atom. The topological polar surface area (TPSA) is 87.1 Å². The van der Waals surface area contributed by atoms with E-state index in [9.17, 15) is 19.8 Å². The van der Waals surface area contributed by atoms with E-state index in [4.69, 9.17) is 4.74 Å². The molecule has 34 heavy (non-hydrogen) atoms. The summed E-state index contributed by atoms with van der Waals surface area (Å²) in [7, 11) is 0. The van der Waals surface area contributed by atoms with Crippen molar-refractivity contribution in [3.8, 4) is 11.5 Å². The lowest BCUT2D eigenvalue weighted by molar-refractivity contribution is -0.132. The Labute approximate surface area is 198 Å². The van der Waals surface area contributed by atoms with Crippen LogP contribution in [0.2, 0.25) is 0 Å². The number of nitrogens with zero attached hydrogens (tertiary/aromatic N) is 1. The molecule has 0 radical (unpaired) electrons. The fraction of sp³-hybridized carbons (Fsp3) is 0.214. The molecule has 1 saturated heterocycles. The summed E-state index contributed by atoms with van der Waals surface area (Å²) in [6.07, 6.45) is -0.0694. The SMILES string of the molecule is Cc1ccc(N2C(=O)C(=O)/C(=C(/O)c3cccc(OC(C)C)c3)C2c2cccc(O)c2)cc1C. The molecular formula is C28H27NO5. The number of Topliss-reactive ketones (excluding diaryl/α,β-unsaturated/α-hetero) is 1. The van der Waals surface area contributed by atoms with Gasteiger partial charge >= 0.3 is 0 Å². The number of carbonyl (C=O) groups is 2. The zero-order valence-electron chi connectivity index (χ0n) is 19.6. The molecule has 174 valence electrons. The molecule has 0 aliphatic carbocycles. The lowest BCUT2D eigenvalue weighted by Crippen LogP contribution is -2.29. The van der Waals surface area contributed by atoms with Crippen molar-refractivity contribution < 1.29 is 24.5 Å². The van der Waals surface area contributed by atoms with Crippen LogP contribution in [0.3, 0.4) is 0 Å². The van der Waals surface area contributed by atoms with Crippen LogP contribution in [0.25, 0.3) is 5.76 Å². The van der Waals surface area contributed by atoms with Crippen LogP contribution < -0.4 is 9.64 Å². The quantitative estimate of drug-likeness (QED) is 0.303. The van der Waals surface area contributed by atoms with E-state index in [2.05, 4.69) is 0 Å². The van der Waals surface area contributed by atoms with Crippen molar-refractivity contribution in [2.24, 2.45) is 0 Å². The predicted octanol–water partition coefficient (Wildman–Crippen LogP) is 5.42. The summed E-state index contributed by atoms with van der Waals surface area (Å²) in [5.41, 5.74) is 3.38. The highest BCUT2D eigenvalue weighted by Gasteiger charge is 2.47. The smallest absolute Gasteiger partial charge is 0.300 e. The molecule has 3 aromatic carbocycles. The Hall–Kier alpha value is -4.06. The summed E-state index contributed by atoms with van der Waals surface area (Å²) in [5.74, 6) is -1.30. The van der Waals surface area contributed by atoms with E-state index in [0.717, 1.165) is 11.1 Å². The van der Waals surface area contributed by atoms with Crippen LogP contribution in [-0.2, 0) is 9.59 Å². The summed E-state index contributed by atoms with van der Waals surface area (Å²) < 4.78 is 5.73. The first kappa shape index (κ1) is 23.1. The monoisotopic (exact) mass is 457 g/mol. The van der Waals surface area contributed by atoms with Crippen molar-refractivity contribution in [2.45, 2.75) is 39.8 Å². The van der Waals surface area contributed by atoms with Crippen molar-refractivity contribution in [3.05, 3.63) is 94.6 Å². The number of ether oxygens (including phenoxy) is 1. The van der Waals surface area contributed by atoms with E-state index in [1.807, 2.05) is 39.8 Å². The Kier molecular flexibility index (Phi) is 6.16. The molecule has 1 unspecified atom stereocenters. The second-order valence-corrected chi connectivity index (χ2v) is 8.73. The Bertz CT molecular complexity index is 1310. The minimum Gasteiger partial charge on any atom is -0.508 e. The van der Waals surface area contributed by atoms with Gasteiger partial charge in [0.25, 0.3) is 11.7 Å². The van der Waals surface area contributed by atoms with E-state index in [-0.39, 0.29) is 23.2 Å². The molecule has 0 aromatic heterocycles. The number of anilines is 1. The van der Waals surface area contributed by atoms with Crippen LogP contribution in [0.4, 0.5) is 5.69 Å². The summed E-state index contributed by atoms with van der Waals surface area (Å²) in [5, 5.41) is 21.4.